The fraction of sp³-hybridized carbons (Fsp3) is 0.214. The number of aromatic nitrogens is 2. The Morgan fingerprint density at radius 3 is 2.90 bits per heavy atom. The Morgan fingerprint density at radius 2 is 2.20 bits per heavy atom. The Hall–Kier alpha value is -2.65. The van der Waals surface area contributed by atoms with Gasteiger partial charge in [-0.1, -0.05) is 12.1 Å². The number of nitrogens with zero attached hydrogens (tertiary/aromatic N) is 4. The average molecular weight is 268 g/mol. The molecule has 0 aliphatic rings. The fourth-order valence-electron chi connectivity index (χ4n) is 1.85. The van der Waals surface area contributed by atoms with E-state index in [2.05, 4.69) is 21.5 Å². The lowest BCUT2D eigenvalue weighted by Crippen LogP contribution is -2.25. The third-order valence-electron chi connectivity index (χ3n) is 2.80. The Bertz CT molecular complexity index is 578. The van der Waals surface area contributed by atoms with Gasteiger partial charge in [-0.2, -0.15) is 5.26 Å². The Balaban J connectivity index is 2.20. The van der Waals surface area contributed by atoms with E-state index in [1.165, 1.54) is 0 Å². The lowest BCUT2D eigenvalue weighted by atomic mass is 10.2. The van der Waals surface area contributed by atoms with Gasteiger partial charge in [0.05, 0.1) is 12.5 Å². The van der Waals surface area contributed by atoms with Gasteiger partial charge in [0.15, 0.2) is 0 Å². The summed E-state index contributed by atoms with van der Waals surface area (Å²) in [5, 5.41) is 8.79. The maximum Gasteiger partial charge on any atom is 0.142 e. The second-order valence-electron chi connectivity index (χ2n) is 4.22. The lowest BCUT2D eigenvalue weighted by molar-refractivity contribution is 0.780. The van der Waals surface area contributed by atoms with Crippen molar-refractivity contribution in [3.8, 4) is 6.07 Å². The Kier molecular flexibility index (Phi) is 4.87. The quantitative estimate of drug-likeness (QED) is 0.612. The van der Waals surface area contributed by atoms with Gasteiger partial charge in [0.2, 0.25) is 0 Å². The van der Waals surface area contributed by atoms with Crippen molar-refractivity contribution in [2.45, 2.75) is 13.0 Å². The summed E-state index contributed by atoms with van der Waals surface area (Å²) in [4.78, 5) is 10.5. The first-order valence-corrected chi connectivity index (χ1v) is 6.28. The van der Waals surface area contributed by atoms with Gasteiger partial charge in [0.1, 0.15) is 11.6 Å². The van der Waals surface area contributed by atoms with Crippen LogP contribution in [0.1, 0.15) is 12.0 Å². The monoisotopic (exact) mass is 268 g/mol. The van der Waals surface area contributed by atoms with Crippen LogP contribution in [0.4, 0.5) is 11.6 Å². The summed E-state index contributed by atoms with van der Waals surface area (Å²) in [6.45, 7) is 1.25. The van der Waals surface area contributed by atoms with Crippen LogP contribution in [0, 0.1) is 11.3 Å². The largest absolute Gasteiger partial charge is 0.351 e. The first-order chi connectivity index (χ1) is 9.83. The molecule has 0 aliphatic carbocycles. The van der Waals surface area contributed by atoms with E-state index in [1.807, 2.05) is 35.4 Å². The van der Waals surface area contributed by atoms with Gasteiger partial charge < -0.3 is 10.3 Å². The summed E-state index contributed by atoms with van der Waals surface area (Å²) in [7, 11) is 0. The molecule has 0 aliphatic heterocycles. The molecule has 2 rings (SSSR count). The fourth-order valence-corrected chi connectivity index (χ4v) is 1.85. The molecule has 0 atom stereocenters. The van der Waals surface area contributed by atoms with E-state index in [9.17, 15) is 0 Å². The molecule has 2 heterocycles. The summed E-state index contributed by atoms with van der Waals surface area (Å²) < 4.78 is 0. The topological polar surface area (TPSA) is 90.9 Å². The predicted molar refractivity (Wildman–Crippen MR) is 77.6 cm³/mol. The van der Waals surface area contributed by atoms with E-state index in [4.69, 9.17) is 11.1 Å². The average Bonchev–Trinajstić information content (AvgIpc) is 2.52. The number of rotatable bonds is 6. The normalized spacial score (nSPS) is 9.80. The van der Waals surface area contributed by atoms with E-state index < -0.39 is 0 Å². The number of hydrazine groups is 1. The first-order valence-electron chi connectivity index (χ1n) is 6.28. The van der Waals surface area contributed by atoms with Crippen LogP contribution >= 0.6 is 0 Å². The van der Waals surface area contributed by atoms with Crippen LogP contribution in [-0.4, -0.2) is 16.5 Å². The summed E-state index contributed by atoms with van der Waals surface area (Å²) in [5.74, 6) is 6.75. The zero-order chi connectivity index (χ0) is 14.2. The highest BCUT2D eigenvalue weighted by Crippen LogP contribution is 2.16. The van der Waals surface area contributed by atoms with Crippen molar-refractivity contribution < 1.29 is 0 Å². The molecule has 0 bridgehead atoms. The molecule has 20 heavy (non-hydrogen) atoms. The molecule has 0 fully saturated rings. The van der Waals surface area contributed by atoms with Crippen LogP contribution in [0.5, 0.6) is 0 Å². The van der Waals surface area contributed by atoms with Gasteiger partial charge in [-0.15, -0.1) is 0 Å². The molecule has 6 nitrogen and oxygen atoms in total. The molecule has 0 saturated carbocycles. The number of pyridine rings is 2. The summed E-state index contributed by atoms with van der Waals surface area (Å²) >= 11 is 0. The maximum atomic E-state index is 8.79. The predicted octanol–water partition coefficient (Wildman–Crippen LogP) is 1.68. The second kappa shape index (κ2) is 7.07. The number of nitrogens with two attached hydrogens (primary N) is 1. The van der Waals surface area contributed by atoms with Crippen molar-refractivity contribution in [1.29, 1.82) is 5.26 Å². The molecule has 0 amide bonds. The van der Waals surface area contributed by atoms with Crippen LogP contribution in [0.3, 0.4) is 0 Å². The molecule has 0 spiro atoms. The molecule has 0 unspecified atom stereocenters. The SMILES string of the molecule is N#CCCN(Cc1cccnc1)c1cccc(NN)n1. The van der Waals surface area contributed by atoms with E-state index >= 15 is 0 Å². The van der Waals surface area contributed by atoms with E-state index in [0.29, 0.717) is 25.3 Å². The number of nitrogen functional groups attached to an aromatic ring is 1. The molecule has 0 saturated heterocycles. The van der Waals surface area contributed by atoms with E-state index in [0.717, 1.165) is 11.4 Å². The smallest absolute Gasteiger partial charge is 0.142 e. The molecular weight excluding hydrogens is 252 g/mol. The van der Waals surface area contributed by atoms with Gasteiger partial charge in [-0.25, -0.2) is 10.8 Å². The molecule has 0 aromatic carbocycles. The van der Waals surface area contributed by atoms with Crippen LogP contribution in [0.25, 0.3) is 0 Å². The van der Waals surface area contributed by atoms with Crippen molar-refractivity contribution >= 4 is 11.6 Å². The number of anilines is 2. The molecule has 6 heteroatoms. The van der Waals surface area contributed by atoms with Gasteiger partial charge in [-0.3, -0.25) is 4.98 Å². The highest BCUT2D eigenvalue weighted by molar-refractivity contribution is 5.47. The van der Waals surface area contributed by atoms with Crippen LogP contribution in [-0.2, 0) is 6.54 Å². The molecular formula is C14H16N6. The van der Waals surface area contributed by atoms with Crippen LogP contribution < -0.4 is 16.2 Å². The van der Waals surface area contributed by atoms with Crippen molar-refractivity contribution in [1.82, 2.24) is 9.97 Å². The summed E-state index contributed by atoms with van der Waals surface area (Å²) in [6.07, 6.45) is 3.98. The molecule has 0 radical (unpaired) electrons. The minimum atomic E-state index is 0.433. The number of hydrogen-bond donors (Lipinski definition) is 2. The first kappa shape index (κ1) is 13.8. The highest BCUT2D eigenvalue weighted by Gasteiger charge is 2.09. The standard InChI is InChI=1S/C14H16N6/c15-7-3-9-20(11-12-4-2-8-17-10-12)14-6-1-5-13(18-14)19-16/h1-2,4-6,8,10H,3,9,11,16H2,(H,18,19). The van der Waals surface area contributed by atoms with Crippen LogP contribution in [0.15, 0.2) is 42.7 Å². The molecule has 3 N–H and O–H groups in total. The third-order valence-corrected chi connectivity index (χ3v) is 2.80. The van der Waals surface area contributed by atoms with Gasteiger partial charge in [-0.05, 0) is 23.8 Å². The highest BCUT2D eigenvalue weighted by atomic mass is 15.3. The zero-order valence-corrected chi connectivity index (χ0v) is 11.0. The number of nitriles is 1. The van der Waals surface area contributed by atoms with E-state index in [-0.39, 0.29) is 0 Å². The number of nitrogens with one attached hydrogen (secondary N) is 1. The third kappa shape index (κ3) is 3.67. The second-order valence-corrected chi connectivity index (χ2v) is 4.22. The van der Waals surface area contributed by atoms with Crippen molar-refractivity contribution in [3.63, 3.8) is 0 Å². The number of hydrogen-bond acceptors (Lipinski definition) is 6. The lowest BCUT2D eigenvalue weighted by Gasteiger charge is -2.23. The minimum Gasteiger partial charge on any atom is -0.351 e. The van der Waals surface area contributed by atoms with Gasteiger partial charge in [0, 0.05) is 25.5 Å². The maximum absolute atomic E-state index is 8.79. The molecule has 2 aromatic rings. The van der Waals surface area contributed by atoms with Crippen molar-refractivity contribution in [2.24, 2.45) is 5.84 Å². The van der Waals surface area contributed by atoms with Crippen molar-refractivity contribution in [2.75, 3.05) is 16.9 Å². The van der Waals surface area contributed by atoms with Crippen molar-refractivity contribution in [3.05, 3.63) is 48.3 Å². The summed E-state index contributed by atoms with van der Waals surface area (Å²) in [6, 6.07) is 11.6. The Labute approximate surface area is 117 Å². The minimum absolute atomic E-state index is 0.433. The van der Waals surface area contributed by atoms with Gasteiger partial charge in [0.25, 0.3) is 0 Å². The van der Waals surface area contributed by atoms with Crippen LogP contribution in [0.2, 0.25) is 0 Å². The van der Waals surface area contributed by atoms with Gasteiger partial charge >= 0.3 is 0 Å². The Morgan fingerprint density at radius 1 is 1.30 bits per heavy atom. The molecule has 2 aromatic heterocycles. The zero-order valence-electron chi connectivity index (χ0n) is 11.0. The summed E-state index contributed by atoms with van der Waals surface area (Å²) in [5.41, 5.74) is 3.59. The van der Waals surface area contributed by atoms with E-state index in [1.54, 1.807) is 12.3 Å². The molecule has 102 valence electrons.